The van der Waals surface area contributed by atoms with Gasteiger partial charge in [0.15, 0.2) is 0 Å². The van der Waals surface area contributed by atoms with Crippen molar-refractivity contribution in [2.75, 3.05) is 0 Å². The van der Waals surface area contributed by atoms with Gasteiger partial charge in [0.2, 0.25) is 0 Å². The third-order valence-corrected chi connectivity index (χ3v) is 2.73. The summed E-state index contributed by atoms with van der Waals surface area (Å²) in [5.74, 6) is 0.182. The van der Waals surface area contributed by atoms with E-state index in [0.29, 0.717) is 12.5 Å². The summed E-state index contributed by atoms with van der Waals surface area (Å²) in [6, 6.07) is 2.54. The zero-order valence-electron chi connectivity index (χ0n) is 8.24. The van der Waals surface area contributed by atoms with E-state index in [4.69, 9.17) is 11.1 Å². The average Bonchev–Trinajstić information content (AvgIpc) is 2.69. The summed E-state index contributed by atoms with van der Waals surface area (Å²) < 4.78 is 2.03. The van der Waals surface area contributed by atoms with E-state index in [1.165, 1.54) is 25.7 Å². The average molecular weight is 192 g/mol. The van der Waals surface area contributed by atoms with E-state index >= 15 is 0 Å². The molecule has 0 saturated heterocycles. The molecule has 1 saturated carbocycles. The molecule has 76 valence electrons. The van der Waals surface area contributed by atoms with Crippen LogP contribution in [0.3, 0.4) is 0 Å². The van der Waals surface area contributed by atoms with Gasteiger partial charge in [-0.05, 0) is 18.9 Å². The molecule has 1 aromatic heterocycles. The van der Waals surface area contributed by atoms with E-state index in [-0.39, 0.29) is 5.84 Å². The van der Waals surface area contributed by atoms with Crippen LogP contribution in [0.1, 0.15) is 37.4 Å². The summed E-state index contributed by atoms with van der Waals surface area (Å²) in [4.78, 5) is 0. The van der Waals surface area contributed by atoms with Crippen LogP contribution in [0, 0.1) is 5.41 Å². The Morgan fingerprint density at radius 1 is 1.57 bits per heavy atom. The number of nitrogens with one attached hydrogen (secondary N) is 1. The van der Waals surface area contributed by atoms with Crippen molar-refractivity contribution in [3.05, 3.63) is 18.0 Å². The van der Waals surface area contributed by atoms with Crippen LogP contribution in [0.25, 0.3) is 0 Å². The van der Waals surface area contributed by atoms with Crippen molar-refractivity contribution >= 4 is 5.84 Å². The summed E-state index contributed by atoms with van der Waals surface area (Å²) in [5.41, 5.74) is 6.23. The van der Waals surface area contributed by atoms with E-state index in [1.807, 2.05) is 16.9 Å². The van der Waals surface area contributed by atoms with Gasteiger partial charge in [-0.15, -0.1) is 0 Å². The van der Waals surface area contributed by atoms with Crippen molar-refractivity contribution in [2.45, 2.75) is 38.1 Å². The van der Waals surface area contributed by atoms with E-state index in [0.717, 1.165) is 5.69 Å². The molecule has 1 aromatic rings. The van der Waals surface area contributed by atoms with Crippen LogP contribution in [0.5, 0.6) is 0 Å². The molecule has 0 spiro atoms. The van der Waals surface area contributed by atoms with Crippen LogP contribution >= 0.6 is 0 Å². The van der Waals surface area contributed by atoms with Gasteiger partial charge in [0.25, 0.3) is 0 Å². The van der Waals surface area contributed by atoms with Crippen molar-refractivity contribution in [2.24, 2.45) is 5.73 Å². The second kappa shape index (κ2) is 3.82. The molecule has 0 amide bonds. The molecule has 0 unspecified atom stereocenters. The zero-order valence-corrected chi connectivity index (χ0v) is 8.24. The Hall–Kier alpha value is -1.32. The minimum atomic E-state index is 0.182. The summed E-state index contributed by atoms with van der Waals surface area (Å²) in [6.07, 6.45) is 7.58. The highest BCUT2D eigenvalue weighted by molar-refractivity contribution is 5.78. The van der Waals surface area contributed by atoms with E-state index in [1.54, 1.807) is 0 Å². The molecule has 0 radical (unpaired) electrons. The van der Waals surface area contributed by atoms with Crippen molar-refractivity contribution in [3.8, 4) is 0 Å². The molecule has 0 aromatic carbocycles. The second-order valence-corrected chi connectivity index (χ2v) is 3.93. The van der Waals surface area contributed by atoms with Gasteiger partial charge in [0.1, 0.15) is 0 Å². The number of amidine groups is 1. The van der Waals surface area contributed by atoms with Crippen LogP contribution in [0.15, 0.2) is 12.3 Å². The molecule has 4 nitrogen and oxygen atoms in total. The highest BCUT2D eigenvalue weighted by Crippen LogP contribution is 2.28. The summed E-state index contributed by atoms with van der Waals surface area (Å²) in [5, 5.41) is 11.6. The minimum Gasteiger partial charge on any atom is -0.387 e. The fourth-order valence-electron chi connectivity index (χ4n) is 2.04. The van der Waals surface area contributed by atoms with Gasteiger partial charge >= 0.3 is 0 Å². The number of hydrogen-bond donors (Lipinski definition) is 2. The first kappa shape index (κ1) is 9.24. The Morgan fingerprint density at radius 2 is 2.29 bits per heavy atom. The molecule has 4 heteroatoms. The van der Waals surface area contributed by atoms with E-state index in [2.05, 4.69) is 5.10 Å². The first-order valence-corrected chi connectivity index (χ1v) is 5.12. The normalized spacial score (nSPS) is 17.4. The quantitative estimate of drug-likeness (QED) is 0.562. The number of nitrogens with zero attached hydrogens (tertiary/aromatic N) is 2. The molecule has 3 N–H and O–H groups in total. The Morgan fingerprint density at radius 3 is 2.93 bits per heavy atom. The van der Waals surface area contributed by atoms with Crippen molar-refractivity contribution in [1.82, 2.24) is 9.78 Å². The molecule has 1 aliphatic rings. The van der Waals surface area contributed by atoms with E-state index in [9.17, 15) is 0 Å². The van der Waals surface area contributed by atoms with Gasteiger partial charge in [0.05, 0.1) is 17.6 Å². The van der Waals surface area contributed by atoms with Gasteiger partial charge in [-0.25, -0.2) is 0 Å². The molecule has 0 atom stereocenters. The van der Waals surface area contributed by atoms with Crippen LogP contribution in [-0.2, 0) is 6.42 Å². The molecular formula is C10H16N4. The number of hydrogen-bond acceptors (Lipinski definition) is 2. The summed E-state index contributed by atoms with van der Waals surface area (Å²) >= 11 is 0. The fourth-order valence-corrected chi connectivity index (χ4v) is 2.04. The highest BCUT2D eigenvalue weighted by Gasteiger charge is 2.17. The smallest absolute Gasteiger partial charge is 0.0966 e. The monoisotopic (exact) mass is 192 g/mol. The first-order chi connectivity index (χ1) is 6.75. The number of rotatable bonds is 3. The van der Waals surface area contributed by atoms with Gasteiger partial charge in [0, 0.05) is 12.6 Å². The van der Waals surface area contributed by atoms with Crippen molar-refractivity contribution in [1.29, 1.82) is 5.41 Å². The topological polar surface area (TPSA) is 67.7 Å². The van der Waals surface area contributed by atoms with Crippen molar-refractivity contribution < 1.29 is 0 Å². The molecular weight excluding hydrogens is 176 g/mol. The molecule has 1 fully saturated rings. The van der Waals surface area contributed by atoms with Gasteiger partial charge < -0.3 is 5.73 Å². The lowest BCUT2D eigenvalue weighted by Crippen LogP contribution is -2.14. The second-order valence-electron chi connectivity index (χ2n) is 3.93. The van der Waals surface area contributed by atoms with Crippen LogP contribution in [0.4, 0.5) is 0 Å². The third kappa shape index (κ3) is 1.95. The SMILES string of the molecule is N=C(N)Cc1ccn(C2CCCC2)n1. The molecule has 0 aliphatic heterocycles. The Labute approximate surface area is 83.6 Å². The Bertz CT molecular complexity index is 323. The maximum atomic E-state index is 7.18. The lowest BCUT2D eigenvalue weighted by atomic mass is 10.3. The summed E-state index contributed by atoms with van der Waals surface area (Å²) in [6.45, 7) is 0. The van der Waals surface area contributed by atoms with Gasteiger partial charge in [-0.3, -0.25) is 10.1 Å². The predicted octanol–water partition coefficient (Wildman–Crippen LogP) is 1.48. The maximum absolute atomic E-state index is 7.18. The molecule has 1 aliphatic carbocycles. The maximum Gasteiger partial charge on any atom is 0.0966 e. The van der Waals surface area contributed by atoms with E-state index < -0.39 is 0 Å². The molecule has 2 rings (SSSR count). The largest absolute Gasteiger partial charge is 0.387 e. The zero-order chi connectivity index (χ0) is 9.97. The number of aromatic nitrogens is 2. The van der Waals surface area contributed by atoms with Crippen molar-refractivity contribution in [3.63, 3.8) is 0 Å². The lowest BCUT2D eigenvalue weighted by Gasteiger charge is -2.08. The Kier molecular flexibility index (Phi) is 2.52. The fraction of sp³-hybridized carbons (Fsp3) is 0.600. The highest BCUT2D eigenvalue weighted by atomic mass is 15.3. The first-order valence-electron chi connectivity index (χ1n) is 5.12. The van der Waals surface area contributed by atoms with Gasteiger partial charge in [-0.2, -0.15) is 5.10 Å². The Balaban J connectivity index is 2.05. The molecule has 14 heavy (non-hydrogen) atoms. The number of nitrogens with two attached hydrogens (primary N) is 1. The van der Waals surface area contributed by atoms with Crippen LogP contribution < -0.4 is 5.73 Å². The van der Waals surface area contributed by atoms with Crippen LogP contribution in [0.2, 0.25) is 0 Å². The summed E-state index contributed by atoms with van der Waals surface area (Å²) in [7, 11) is 0. The standard InChI is InChI=1S/C10H16N4/c11-10(12)7-8-5-6-14(13-8)9-3-1-2-4-9/h5-6,9H,1-4,7H2,(H3,11,12). The third-order valence-electron chi connectivity index (χ3n) is 2.73. The van der Waals surface area contributed by atoms with Gasteiger partial charge in [-0.1, -0.05) is 12.8 Å². The van der Waals surface area contributed by atoms with Crippen LogP contribution in [-0.4, -0.2) is 15.6 Å². The minimum absolute atomic E-state index is 0.182. The molecule has 1 heterocycles. The molecule has 0 bridgehead atoms. The lowest BCUT2D eigenvalue weighted by molar-refractivity contribution is 0.464. The predicted molar refractivity (Wildman–Crippen MR) is 55.4 cm³/mol.